The molecule has 4 nitrogen and oxygen atoms in total. The quantitative estimate of drug-likeness (QED) is 0.432. The summed E-state index contributed by atoms with van der Waals surface area (Å²) in [6.07, 6.45) is 2.44. The van der Waals surface area contributed by atoms with Gasteiger partial charge in [0.15, 0.2) is 0 Å². The van der Waals surface area contributed by atoms with Crippen LogP contribution in [-0.2, 0) is 8.85 Å². The molecule has 0 heterocycles. The molecule has 0 saturated carbocycles. The van der Waals surface area contributed by atoms with Gasteiger partial charge in [0.2, 0.25) is 0 Å². The molecule has 0 aliphatic heterocycles. The molecule has 0 aromatic heterocycles. The van der Waals surface area contributed by atoms with Gasteiger partial charge in [-0.3, -0.25) is 0 Å². The van der Waals surface area contributed by atoms with Gasteiger partial charge in [-0.1, -0.05) is 26.1 Å². The highest BCUT2D eigenvalue weighted by atomic mass is 28.4. The van der Waals surface area contributed by atoms with E-state index in [0.717, 1.165) is 12.6 Å². The smallest absolute Gasteiger partial charge is 0.334 e. The molecule has 0 aromatic carbocycles. The average molecular weight is 321 g/mol. The van der Waals surface area contributed by atoms with Gasteiger partial charge in [-0.05, 0) is 39.7 Å². The fraction of sp³-hybridized carbons (Fsp3) is 1.00. The molecule has 0 aromatic rings. The minimum atomic E-state index is -1.87. The van der Waals surface area contributed by atoms with Crippen molar-refractivity contribution in [2.45, 2.75) is 45.1 Å². The number of hydrogen-bond donors (Lipinski definition) is 0. The first kappa shape index (κ1) is 20.3. The van der Waals surface area contributed by atoms with Crippen molar-refractivity contribution in [3.8, 4) is 0 Å². The zero-order chi connectivity index (χ0) is 15.8. The Morgan fingerprint density at radius 3 is 1.75 bits per heavy atom. The standard InChI is InChI=1S/C14H36N2O2Si2/c1-15(2)12-13-16(19(5,6)7)11-9-10-14-20(8,17-3)18-4/h9-14H2,1-8H3. The van der Waals surface area contributed by atoms with Crippen LogP contribution in [0.1, 0.15) is 12.8 Å². The lowest BCUT2D eigenvalue weighted by Gasteiger charge is -2.35. The third-order valence-electron chi connectivity index (χ3n) is 3.94. The molecule has 0 radical (unpaired) electrons. The lowest BCUT2D eigenvalue weighted by atomic mass is 10.3. The van der Waals surface area contributed by atoms with Crippen molar-refractivity contribution in [1.82, 2.24) is 9.47 Å². The molecule has 0 N–H and O–H groups in total. The first-order chi connectivity index (χ1) is 9.14. The van der Waals surface area contributed by atoms with E-state index < -0.39 is 16.8 Å². The van der Waals surface area contributed by atoms with Crippen molar-refractivity contribution >= 4 is 16.8 Å². The maximum Gasteiger partial charge on any atom is 0.334 e. The number of unbranched alkanes of at least 4 members (excludes halogenated alkanes) is 1. The van der Waals surface area contributed by atoms with Crippen LogP contribution in [0.3, 0.4) is 0 Å². The Bertz CT molecular complexity index is 254. The molecule has 0 amide bonds. The zero-order valence-corrected chi connectivity index (χ0v) is 17.0. The van der Waals surface area contributed by atoms with Crippen LogP contribution in [0.5, 0.6) is 0 Å². The fourth-order valence-electron chi connectivity index (χ4n) is 2.14. The molecule has 0 bridgehead atoms. The summed E-state index contributed by atoms with van der Waals surface area (Å²) in [6, 6.07) is 1.09. The monoisotopic (exact) mass is 320 g/mol. The van der Waals surface area contributed by atoms with Gasteiger partial charge in [0.05, 0.1) is 0 Å². The summed E-state index contributed by atoms with van der Waals surface area (Å²) in [7, 11) is 4.78. The SMILES string of the molecule is CO[Si](C)(CCCCN(CCN(C)C)[Si](C)(C)C)OC. The second-order valence-electron chi connectivity index (χ2n) is 6.96. The van der Waals surface area contributed by atoms with Crippen LogP contribution in [0.2, 0.25) is 32.2 Å². The summed E-state index contributed by atoms with van der Waals surface area (Å²) in [6.45, 7) is 13.0. The van der Waals surface area contributed by atoms with Gasteiger partial charge in [0.25, 0.3) is 0 Å². The summed E-state index contributed by atoms with van der Waals surface area (Å²) < 4.78 is 13.8. The van der Waals surface area contributed by atoms with Gasteiger partial charge < -0.3 is 18.3 Å². The lowest BCUT2D eigenvalue weighted by Crippen LogP contribution is -2.49. The van der Waals surface area contributed by atoms with Crippen LogP contribution in [-0.4, -0.2) is 74.2 Å². The first-order valence-corrected chi connectivity index (χ1v) is 13.6. The molecule has 0 aliphatic rings. The predicted molar refractivity (Wildman–Crippen MR) is 93.2 cm³/mol. The molecule has 0 aliphatic carbocycles. The van der Waals surface area contributed by atoms with Crippen LogP contribution >= 0.6 is 0 Å². The summed E-state index contributed by atoms with van der Waals surface area (Å²) in [4.78, 5) is 2.27. The largest absolute Gasteiger partial charge is 0.398 e. The highest BCUT2D eigenvalue weighted by Gasteiger charge is 2.28. The molecule has 0 rings (SSSR count). The van der Waals surface area contributed by atoms with Gasteiger partial charge in [-0.25, -0.2) is 0 Å². The fourth-order valence-corrected chi connectivity index (χ4v) is 5.21. The van der Waals surface area contributed by atoms with E-state index in [4.69, 9.17) is 8.85 Å². The minimum Gasteiger partial charge on any atom is -0.398 e. The van der Waals surface area contributed by atoms with Crippen molar-refractivity contribution < 1.29 is 8.85 Å². The summed E-state index contributed by atoms with van der Waals surface area (Å²) >= 11 is 0. The second kappa shape index (κ2) is 9.32. The Kier molecular flexibility index (Phi) is 9.45. The van der Waals surface area contributed by atoms with Crippen LogP contribution in [0.4, 0.5) is 0 Å². The first-order valence-electron chi connectivity index (χ1n) is 7.65. The van der Waals surface area contributed by atoms with E-state index in [2.05, 4.69) is 49.7 Å². The Hall–Kier alpha value is 0.274. The minimum absolute atomic E-state index is 1.09. The molecule has 6 heteroatoms. The number of hydrogen-bond acceptors (Lipinski definition) is 4. The Balaban J connectivity index is 4.15. The van der Waals surface area contributed by atoms with Crippen molar-refractivity contribution in [2.24, 2.45) is 0 Å². The van der Waals surface area contributed by atoms with E-state index in [0.29, 0.717) is 0 Å². The molecular weight excluding hydrogens is 284 g/mol. The van der Waals surface area contributed by atoms with Crippen molar-refractivity contribution in [1.29, 1.82) is 0 Å². The third-order valence-corrected chi connectivity index (χ3v) is 9.27. The van der Waals surface area contributed by atoms with Crippen LogP contribution < -0.4 is 0 Å². The second-order valence-corrected chi connectivity index (χ2v) is 15.5. The normalized spacial score (nSPS) is 13.5. The van der Waals surface area contributed by atoms with Gasteiger partial charge in [0.1, 0.15) is 8.24 Å². The molecule has 0 atom stereocenters. The topological polar surface area (TPSA) is 24.9 Å². The van der Waals surface area contributed by atoms with Crippen LogP contribution in [0, 0.1) is 0 Å². The van der Waals surface area contributed by atoms with E-state index in [1.165, 1.54) is 25.9 Å². The molecule has 20 heavy (non-hydrogen) atoms. The molecular formula is C14H36N2O2Si2. The van der Waals surface area contributed by atoms with E-state index in [9.17, 15) is 0 Å². The third kappa shape index (κ3) is 8.54. The van der Waals surface area contributed by atoms with E-state index in [1.54, 1.807) is 14.2 Å². The van der Waals surface area contributed by atoms with Crippen molar-refractivity contribution in [3.05, 3.63) is 0 Å². The molecule has 0 unspecified atom stereocenters. The van der Waals surface area contributed by atoms with Crippen molar-refractivity contribution in [2.75, 3.05) is 47.9 Å². The summed E-state index contributed by atoms with van der Waals surface area (Å²) in [5.41, 5.74) is 0. The van der Waals surface area contributed by atoms with E-state index >= 15 is 0 Å². The Morgan fingerprint density at radius 2 is 1.35 bits per heavy atom. The van der Waals surface area contributed by atoms with Gasteiger partial charge in [-0.15, -0.1) is 0 Å². The van der Waals surface area contributed by atoms with E-state index in [-0.39, 0.29) is 0 Å². The lowest BCUT2D eigenvalue weighted by molar-refractivity contribution is 0.247. The number of nitrogens with zero attached hydrogens (tertiary/aromatic N) is 2. The average Bonchev–Trinajstić information content (AvgIpc) is 2.35. The van der Waals surface area contributed by atoms with Gasteiger partial charge in [0, 0.05) is 27.3 Å². The van der Waals surface area contributed by atoms with Crippen LogP contribution in [0.25, 0.3) is 0 Å². The maximum absolute atomic E-state index is 5.55. The summed E-state index contributed by atoms with van der Waals surface area (Å²) in [5.74, 6) is 0. The highest BCUT2D eigenvalue weighted by Crippen LogP contribution is 2.17. The molecule has 0 fully saturated rings. The summed E-state index contributed by atoms with van der Waals surface area (Å²) in [5, 5.41) is 0. The molecule has 0 spiro atoms. The van der Waals surface area contributed by atoms with Gasteiger partial charge >= 0.3 is 8.56 Å². The number of likely N-dealkylation sites (N-methyl/N-ethyl adjacent to an activating group) is 1. The number of rotatable bonds is 11. The van der Waals surface area contributed by atoms with Gasteiger partial charge in [-0.2, -0.15) is 0 Å². The zero-order valence-electron chi connectivity index (χ0n) is 15.0. The van der Waals surface area contributed by atoms with E-state index in [1.807, 2.05) is 0 Å². The van der Waals surface area contributed by atoms with Crippen LogP contribution in [0.15, 0.2) is 0 Å². The molecule has 122 valence electrons. The predicted octanol–water partition coefficient (Wildman–Crippen LogP) is 2.83. The maximum atomic E-state index is 5.55. The Labute approximate surface area is 128 Å². The highest BCUT2D eigenvalue weighted by molar-refractivity contribution is 6.73. The Morgan fingerprint density at radius 1 is 0.800 bits per heavy atom. The van der Waals surface area contributed by atoms with Crippen molar-refractivity contribution in [3.63, 3.8) is 0 Å². The molecule has 0 saturated heterocycles.